The van der Waals surface area contributed by atoms with E-state index >= 15 is 0 Å². The molecule has 9 heteroatoms. The molecule has 0 radical (unpaired) electrons. The van der Waals surface area contributed by atoms with Crippen LogP contribution in [0.3, 0.4) is 0 Å². The highest BCUT2D eigenvalue weighted by Crippen LogP contribution is 2.30. The van der Waals surface area contributed by atoms with Gasteiger partial charge in [-0.1, -0.05) is 35.0 Å². The second-order valence-electron chi connectivity index (χ2n) is 5.52. The summed E-state index contributed by atoms with van der Waals surface area (Å²) >= 11 is 13.4. The van der Waals surface area contributed by atoms with Crippen LogP contribution >= 0.6 is 35.0 Å². The van der Waals surface area contributed by atoms with E-state index in [2.05, 4.69) is 20.8 Å². The van der Waals surface area contributed by atoms with Gasteiger partial charge in [0.05, 0.1) is 27.1 Å². The molecule has 26 heavy (non-hydrogen) atoms. The number of amidine groups is 1. The number of thioether (sulfide) groups is 1. The highest BCUT2D eigenvalue weighted by atomic mass is 35.5. The van der Waals surface area contributed by atoms with Gasteiger partial charge < -0.3 is 10.1 Å². The number of carbonyl (C=O) groups is 1. The second kappa shape index (κ2) is 7.19. The van der Waals surface area contributed by atoms with Crippen LogP contribution in [-0.4, -0.2) is 29.1 Å². The van der Waals surface area contributed by atoms with Crippen LogP contribution in [0.1, 0.15) is 5.56 Å². The van der Waals surface area contributed by atoms with Crippen LogP contribution in [0.25, 0.3) is 0 Å². The summed E-state index contributed by atoms with van der Waals surface area (Å²) in [6, 6.07) is 10.8. The normalized spacial score (nSPS) is 17.7. The molecule has 132 valence electrons. The summed E-state index contributed by atoms with van der Waals surface area (Å²) in [5.41, 5.74) is 6.05. The van der Waals surface area contributed by atoms with Crippen molar-refractivity contribution in [3.05, 3.63) is 52.0 Å². The van der Waals surface area contributed by atoms with Crippen LogP contribution in [0.2, 0.25) is 10.0 Å². The molecular weight excluding hydrogens is 395 g/mol. The maximum absolute atomic E-state index is 11.5. The monoisotopic (exact) mass is 406 g/mol. The summed E-state index contributed by atoms with van der Waals surface area (Å²) in [6.45, 7) is 0.0409. The van der Waals surface area contributed by atoms with Gasteiger partial charge in [0.2, 0.25) is 0 Å². The molecule has 6 nitrogen and oxygen atoms in total. The van der Waals surface area contributed by atoms with Gasteiger partial charge in [-0.15, -0.1) is 0 Å². The molecule has 0 fully saturated rings. The van der Waals surface area contributed by atoms with E-state index in [1.165, 1.54) is 11.8 Å². The number of aliphatic imine (C=N–C) groups is 1. The number of hydrogen-bond acceptors (Lipinski definition) is 5. The molecule has 2 aromatic carbocycles. The van der Waals surface area contributed by atoms with E-state index in [9.17, 15) is 4.79 Å². The van der Waals surface area contributed by atoms with Gasteiger partial charge in [-0.3, -0.25) is 10.2 Å². The average molecular weight is 407 g/mol. The summed E-state index contributed by atoms with van der Waals surface area (Å²) in [6.07, 6.45) is 0. The molecule has 0 saturated heterocycles. The molecule has 0 spiro atoms. The molecule has 0 unspecified atom stereocenters. The second-order valence-corrected chi connectivity index (χ2v) is 7.30. The Morgan fingerprint density at radius 1 is 1.15 bits per heavy atom. The number of rotatable bonds is 2. The van der Waals surface area contributed by atoms with Gasteiger partial charge >= 0.3 is 0 Å². The van der Waals surface area contributed by atoms with Gasteiger partial charge in [0.15, 0.2) is 11.8 Å². The van der Waals surface area contributed by atoms with Crippen LogP contribution in [0, 0.1) is 0 Å². The smallest absolute Gasteiger partial charge is 0.262 e. The SMILES string of the molecule is O=C1COc2ccc(C3=NNC(=Nc4ccc(Cl)c(Cl)c4)SC3)cc2N1. The summed E-state index contributed by atoms with van der Waals surface area (Å²) in [4.78, 5) is 15.9. The Morgan fingerprint density at radius 2 is 2.04 bits per heavy atom. The predicted molar refractivity (Wildman–Crippen MR) is 106 cm³/mol. The van der Waals surface area contributed by atoms with E-state index in [1.54, 1.807) is 18.2 Å². The highest BCUT2D eigenvalue weighted by molar-refractivity contribution is 8.14. The number of halogens is 2. The Labute approximate surface area is 163 Å². The minimum absolute atomic E-state index is 0.0409. The van der Waals surface area contributed by atoms with Crippen molar-refractivity contribution in [3.8, 4) is 5.75 Å². The van der Waals surface area contributed by atoms with Crippen molar-refractivity contribution in [2.75, 3.05) is 17.7 Å². The zero-order chi connectivity index (χ0) is 18.1. The number of benzene rings is 2. The van der Waals surface area contributed by atoms with Gasteiger partial charge in [0.25, 0.3) is 5.91 Å². The molecule has 0 aromatic heterocycles. The largest absolute Gasteiger partial charge is 0.482 e. The zero-order valence-electron chi connectivity index (χ0n) is 13.3. The van der Waals surface area contributed by atoms with Crippen molar-refractivity contribution in [1.82, 2.24) is 5.43 Å². The number of nitrogens with one attached hydrogen (secondary N) is 2. The number of carbonyl (C=O) groups excluding carboxylic acids is 1. The molecule has 2 aromatic rings. The Balaban J connectivity index is 1.52. The zero-order valence-corrected chi connectivity index (χ0v) is 15.6. The van der Waals surface area contributed by atoms with Gasteiger partial charge in [-0.25, -0.2) is 4.99 Å². The maximum Gasteiger partial charge on any atom is 0.262 e. The number of nitrogens with zero attached hydrogens (tertiary/aromatic N) is 2. The summed E-state index contributed by atoms with van der Waals surface area (Å²) < 4.78 is 5.37. The first kappa shape index (κ1) is 17.2. The molecule has 1 amide bonds. The number of amides is 1. The van der Waals surface area contributed by atoms with Crippen molar-refractivity contribution in [2.45, 2.75) is 0 Å². The van der Waals surface area contributed by atoms with E-state index in [-0.39, 0.29) is 12.5 Å². The van der Waals surface area contributed by atoms with Crippen LogP contribution in [0.5, 0.6) is 5.75 Å². The Morgan fingerprint density at radius 3 is 2.81 bits per heavy atom. The quantitative estimate of drug-likeness (QED) is 0.788. The van der Waals surface area contributed by atoms with E-state index < -0.39 is 0 Å². The lowest BCUT2D eigenvalue weighted by molar-refractivity contribution is -0.118. The van der Waals surface area contributed by atoms with Gasteiger partial charge in [0.1, 0.15) is 5.75 Å². The molecule has 2 aliphatic rings. The highest BCUT2D eigenvalue weighted by Gasteiger charge is 2.19. The van der Waals surface area contributed by atoms with Crippen LogP contribution in [0.15, 0.2) is 46.5 Å². The molecule has 0 aliphatic carbocycles. The fraction of sp³-hybridized carbons (Fsp3) is 0.118. The minimum Gasteiger partial charge on any atom is -0.482 e. The predicted octanol–water partition coefficient (Wildman–Crippen LogP) is 4.05. The number of fused-ring (bicyclic) bond motifs is 1. The van der Waals surface area contributed by atoms with Gasteiger partial charge in [0, 0.05) is 11.3 Å². The number of anilines is 1. The summed E-state index contributed by atoms with van der Waals surface area (Å²) in [5, 5.41) is 8.80. The minimum atomic E-state index is -0.163. The first-order valence-electron chi connectivity index (χ1n) is 7.65. The topological polar surface area (TPSA) is 75.1 Å². The van der Waals surface area contributed by atoms with Crippen LogP contribution in [-0.2, 0) is 4.79 Å². The Bertz CT molecular complexity index is 962. The molecular formula is C17H12Cl2N4O2S. The van der Waals surface area contributed by atoms with Crippen molar-refractivity contribution in [1.29, 1.82) is 0 Å². The standard InChI is InChI=1S/C17H12Cl2N4O2S/c18-11-3-2-10(6-12(11)19)20-17-23-22-14(8-26-17)9-1-4-15-13(5-9)21-16(24)7-25-15/h1-6H,7-8H2,(H,20,23)(H,21,24). The first-order chi connectivity index (χ1) is 12.6. The lowest BCUT2D eigenvalue weighted by atomic mass is 10.1. The van der Waals surface area contributed by atoms with Crippen molar-refractivity contribution in [3.63, 3.8) is 0 Å². The van der Waals surface area contributed by atoms with E-state index in [4.69, 9.17) is 27.9 Å². The van der Waals surface area contributed by atoms with Crippen molar-refractivity contribution < 1.29 is 9.53 Å². The van der Waals surface area contributed by atoms with E-state index in [1.807, 2.05) is 18.2 Å². The summed E-state index contributed by atoms with van der Waals surface area (Å²) in [5.74, 6) is 1.14. The number of hydrazone groups is 1. The fourth-order valence-corrected chi connectivity index (χ4v) is 3.53. The third-order valence-corrected chi connectivity index (χ3v) is 5.32. The van der Waals surface area contributed by atoms with Gasteiger partial charge in [-0.05, 0) is 36.4 Å². The third-order valence-electron chi connectivity index (χ3n) is 3.71. The average Bonchev–Trinajstić information content (AvgIpc) is 2.65. The number of hydrogen-bond donors (Lipinski definition) is 2. The molecule has 2 N–H and O–H groups in total. The van der Waals surface area contributed by atoms with E-state index in [0.29, 0.717) is 38.1 Å². The Hall–Kier alpha value is -2.22. The van der Waals surface area contributed by atoms with Crippen LogP contribution < -0.4 is 15.5 Å². The molecule has 0 atom stereocenters. The van der Waals surface area contributed by atoms with Crippen molar-refractivity contribution >= 4 is 63.1 Å². The third kappa shape index (κ3) is 3.65. The van der Waals surface area contributed by atoms with Crippen LogP contribution in [0.4, 0.5) is 11.4 Å². The molecule has 2 aliphatic heterocycles. The molecule has 4 rings (SSSR count). The lowest BCUT2D eigenvalue weighted by Crippen LogP contribution is -2.27. The first-order valence-corrected chi connectivity index (χ1v) is 9.39. The number of ether oxygens (including phenoxy) is 1. The fourth-order valence-electron chi connectivity index (χ4n) is 2.46. The summed E-state index contributed by atoms with van der Waals surface area (Å²) in [7, 11) is 0. The van der Waals surface area contributed by atoms with Crippen molar-refractivity contribution in [2.24, 2.45) is 10.1 Å². The lowest BCUT2D eigenvalue weighted by Gasteiger charge is -2.20. The van der Waals surface area contributed by atoms with Gasteiger partial charge in [-0.2, -0.15) is 5.10 Å². The molecule has 0 saturated carbocycles. The maximum atomic E-state index is 11.5. The molecule has 2 heterocycles. The van der Waals surface area contributed by atoms with E-state index in [0.717, 1.165) is 11.3 Å². The Kier molecular flexibility index (Phi) is 4.76. The molecule has 0 bridgehead atoms.